The summed E-state index contributed by atoms with van der Waals surface area (Å²) in [7, 11) is -1.81. The lowest BCUT2D eigenvalue weighted by Gasteiger charge is -2.21. The second kappa shape index (κ2) is 10.7. The zero-order valence-electron chi connectivity index (χ0n) is 17.3. The summed E-state index contributed by atoms with van der Waals surface area (Å²) in [5.74, 6) is 0.440. The topological polar surface area (TPSA) is 77.3 Å². The Bertz CT molecular complexity index is 819. The van der Waals surface area contributed by atoms with E-state index in [9.17, 15) is 8.42 Å². The molecule has 2 rings (SSSR count). The fraction of sp³-hybridized carbons (Fsp3) is 0.600. The van der Waals surface area contributed by atoms with Crippen molar-refractivity contribution in [2.45, 2.75) is 52.0 Å². The quantitative estimate of drug-likeness (QED) is 0.537. The van der Waals surface area contributed by atoms with Gasteiger partial charge in [-0.05, 0) is 36.6 Å². The van der Waals surface area contributed by atoms with Crippen LogP contribution in [0.5, 0.6) is 0 Å². The molecule has 28 heavy (non-hydrogen) atoms. The molecule has 0 aliphatic rings. The summed E-state index contributed by atoms with van der Waals surface area (Å²) in [6.07, 6.45) is 5.88. The van der Waals surface area contributed by atoms with Crippen molar-refractivity contribution in [1.82, 2.24) is 19.4 Å². The van der Waals surface area contributed by atoms with Crippen LogP contribution in [0.2, 0.25) is 0 Å². The van der Waals surface area contributed by atoms with Crippen LogP contribution in [0, 0.1) is 5.92 Å². The number of ether oxygens (including phenoxy) is 1. The van der Waals surface area contributed by atoms with Crippen LogP contribution in [0.3, 0.4) is 0 Å². The van der Waals surface area contributed by atoms with E-state index in [1.54, 1.807) is 30.3 Å². The molecule has 0 unspecified atom stereocenters. The normalized spacial score (nSPS) is 12.2. The number of pyridine rings is 1. The van der Waals surface area contributed by atoms with E-state index in [-0.39, 0.29) is 10.9 Å². The summed E-state index contributed by atoms with van der Waals surface area (Å²) in [5.41, 5.74) is 2.06. The van der Waals surface area contributed by atoms with Gasteiger partial charge >= 0.3 is 0 Å². The van der Waals surface area contributed by atoms with E-state index in [2.05, 4.69) is 21.8 Å². The lowest BCUT2D eigenvalue weighted by atomic mass is 10.2. The maximum atomic E-state index is 12.8. The largest absolute Gasteiger partial charge is 0.383 e. The molecule has 156 valence electrons. The van der Waals surface area contributed by atoms with Gasteiger partial charge in [0.1, 0.15) is 0 Å². The van der Waals surface area contributed by atoms with Gasteiger partial charge in [-0.1, -0.05) is 20.8 Å². The van der Waals surface area contributed by atoms with Gasteiger partial charge < -0.3 is 9.30 Å². The summed E-state index contributed by atoms with van der Waals surface area (Å²) < 4.78 is 32.7. The van der Waals surface area contributed by atoms with E-state index < -0.39 is 9.84 Å². The van der Waals surface area contributed by atoms with E-state index >= 15 is 0 Å². The van der Waals surface area contributed by atoms with E-state index in [0.717, 1.165) is 18.8 Å². The third-order valence-electron chi connectivity index (χ3n) is 4.65. The lowest BCUT2D eigenvalue weighted by Crippen LogP contribution is -2.25. The number of aromatic nitrogens is 3. The van der Waals surface area contributed by atoms with Crippen LogP contribution in [0.15, 0.2) is 35.9 Å². The van der Waals surface area contributed by atoms with Gasteiger partial charge in [0.05, 0.1) is 24.3 Å². The van der Waals surface area contributed by atoms with E-state index in [1.165, 1.54) is 5.56 Å². The monoisotopic (exact) mass is 408 g/mol. The Morgan fingerprint density at radius 3 is 2.54 bits per heavy atom. The van der Waals surface area contributed by atoms with Crippen LogP contribution in [0.4, 0.5) is 0 Å². The second-order valence-electron chi connectivity index (χ2n) is 7.34. The number of methoxy groups -OCH3 is 1. The molecule has 0 aliphatic carbocycles. The number of imidazole rings is 1. The molecule has 8 heteroatoms. The molecule has 0 amide bonds. The zero-order valence-corrected chi connectivity index (χ0v) is 18.2. The molecular weight excluding hydrogens is 376 g/mol. The molecule has 0 aromatic carbocycles. The molecule has 2 aromatic heterocycles. The van der Waals surface area contributed by atoms with Gasteiger partial charge in [0.2, 0.25) is 15.0 Å². The number of rotatable bonds is 12. The average Bonchev–Trinajstić information content (AvgIpc) is 3.08. The molecular formula is C20H32N4O3S. The Balaban J connectivity index is 2.24. The van der Waals surface area contributed by atoms with Crippen LogP contribution in [-0.4, -0.2) is 53.9 Å². The van der Waals surface area contributed by atoms with Crippen molar-refractivity contribution in [3.63, 3.8) is 0 Å². The maximum Gasteiger partial charge on any atom is 0.227 e. The molecule has 0 saturated heterocycles. The molecule has 0 N–H and O–H groups in total. The standard InChI is InChI=1S/C20H32N4O3S/c1-5-23(15-18-6-9-21-10-7-18)16-19-14-22-20(24(19)11-12-27-4)28(25,26)13-8-17(2)3/h6-7,9-10,14,17H,5,8,11-13,15-16H2,1-4H3. The first-order valence-electron chi connectivity index (χ1n) is 9.74. The minimum absolute atomic E-state index is 0.114. The minimum Gasteiger partial charge on any atom is -0.383 e. The fourth-order valence-electron chi connectivity index (χ4n) is 2.93. The van der Waals surface area contributed by atoms with Crippen LogP contribution in [0.25, 0.3) is 0 Å². The number of sulfone groups is 1. The summed E-state index contributed by atoms with van der Waals surface area (Å²) >= 11 is 0. The van der Waals surface area contributed by atoms with E-state index in [0.29, 0.717) is 32.0 Å². The molecule has 2 heterocycles. The van der Waals surface area contributed by atoms with Gasteiger partial charge in [-0.3, -0.25) is 9.88 Å². The maximum absolute atomic E-state index is 12.8. The summed E-state index contributed by atoms with van der Waals surface area (Å²) in [6.45, 7) is 9.28. The molecule has 0 aliphatic heterocycles. The first-order chi connectivity index (χ1) is 13.4. The number of nitrogens with zero attached hydrogens (tertiary/aromatic N) is 4. The van der Waals surface area contributed by atoms with E-state index in [4.69, 9.17) is 4.74 Å². The SMILES string of the molecule is CCN(Cc1ccncc1)Cc1cnc(S(=O)(=O)CCC(C)C)n1CCOC. The van der Waals surface area contributed by atoms with Gasteiger partial charge in [-0.2, -0.15) is 0 Å². The van der Waals surface area contributed by atoms with Crippen LogP contribution < -0.4 is 0 Å². The van der Waals surface area contributed by atoms with Gasteiger partial charge in [-0.15, -0.1) is 0 Å². The Morgan fingerprint density at radius 1 is 1.21 bits per heavy atom. The third kappa shape index (κ3) is 6.39. The number of hydrogen-bond donors (Lipinski definition) is 0. The second-order valence-corrected chi connectivity index (χ2v) is 9.34. The predicted molar refractivity (Wildman–Crippen MR) is 110 cm³/mol. The van der Waals surface area contributed by atoms with Crippen molar-refractivity contribution < 1.29 is 13.2 Å². The molecule has 0 bridgehead atoms. The zero-order chi connectivity index (χ0) is 20.6. The highest BCUT2D eigenvalue weighted by molar-refractivity contribution is 7.91. The van der Waals surface area contributed by atoms with Crippen molar-refractivity contribution in [3.05, 3.63) is 42.0 Å². The highest BCUT2D eigenvalue weighted by Gasteiger charge is 2.24. The van der Waals surface area contributed by atoms with Crippen molar-refractivity contribution in [3.8, 4) is 0 Å². The fourth-order valence-corrected chi connectivity index (χ4v) is 4.65. The Labute approximate surface area is 168 Å². The molecule has 0 saturated carbocycles. The van der Waals surface area contributed by atoms with Gasteiger partial charge in [-0.25, -0.2) is 13.4 Å². The Kier molecular flexibility index (Phi) is 8.59. The molecule has 2 aromatic rings. The first-order valence-corrected chi connectivity index (χ1v) is 11.4. The molecule has 0 radical (unpaired) electrons. The molecule has 7 nitrogen and oxygen atoms in total. The summed E-state index contributed by atoms with van der Waals surface area (Å²) in [6, 6.07) is 3.99. The van der Waals surface area contributed by atoms with E-state index in [1.807, 2.05) is 26.0 Å². The predicted octanol–water partition coefficient (Wildman–Crippen LogP) is 2.77. The van der Waals surface area contributed by atoms with Crippen molar-refractivity contribution >= 4 is 9.84 Å². The lowest BCUT2D eigenvalue weighted by molar-refractivity contribution is 0.181. The van der Waals surface area contributed by atoms with Crippen LogP contribution in [-0.2, 0) is 34.2 Å². The summed E-state index contributed by atoms with van der Waals surface area (Å²) in [4.78, 5) is 10.6. The molecule has 0 fully saturated rings. The first kappa shape index (κ1) is 22.5. The minimum atomic E-state index is -3.43. The van der Waals surface area contributed by atoms with Gasteiger partial charge in [0.15, 0.2) is 0 Å². The van der Waals surface area contributed by atoms with Crippen LogP contribution >= 0.6 is 0 Å². The van der Waals surface area contributed by atoms with Gasteiger partial charge in [0.25, 0.3) is 0 Å². The summed E-state index contributed by atoms with van der Waals surface area (Å²) in [5, 5.41) is 0.153. The Hall–Kier alpha value is -1.77. The molecule has 0 spiro atoms. The highest BCUT2D eigenvalue weighted by Crippen LogP contribution is 2.18. The third-order valence-corrected chi connectivity index (χ3v) is 6.31. The average molecular weight is 409 g/mol. The molecule has 0 atom stereocenters. The smallest absolute Gasteiger partial charge is 0.227 e. The highest BCUT2D eigenvalue weighted by atomic mass is 32.2. The van der Waals surface area contributed by atoms with Crippen molar-refractivity contribution in [1.29, 1.82) is 0 Å². The Morgan fingerprint density at radius 2 is 1.93 bits per heavy atom. The van der Waals surface area contributed by atoms with Crippen LogP contribution in [0.1, 0.15) is 38.4 Å². The van der Waals surface area contributed by atoms with Crippen molar-refractivity contribution in [2.24, 2.45) is 5.92 Å². The van der Waals surface area contributed by atoms with Gasteiger partial charge in [0, 0.05) is 39.1 Å². The van der Waals surface area contributed by atoms with Crippen molar-refractivity contribution in [2.75, 3.05) is 26.0 Å². The number of hydrogen-bond acceptors (Lipinski definition) is 6.